The molecule has 0 aliphatic heterocycles. The summed E-state index contributed by atoms with van der Waals surface area (Å²) in [5, 5.41) is 16.8. The van der Waals surface area contributed by atoms with E-state index in [0.29, 0.717) is 22.3 Å². The van der Waals surface area contributed by atoms with E-state index in [-0.39, 0.29) is 0 Å². The van der Waals surface area contributed by atoms with E-state index in [1.54, 1.807) is 6.20 Å². The number of halogens is 1. The summed E-state index contributed by atoms with van der Waals surface area (Å²) in [7, 11) is 0. The van der Waals surface area contributed by atoms with Gasteiger partial charge in [-0.25, -0.2) is 9.50 Å². The second-order valence-electron chi connectivity index (χ2n) is 6.88. The molecule has 2 aromatic heterocycles. The molecule has 2 N–H and O–H groups in total. The van der Waals surface area contributed by atoms with Crippen molar-refractivity contribution in [1.29, 1.82) is 5.26 Å². The first kappa shape index (κ1) is 16.0. The normalized spacial score (nSPS) is 20.5. The van der Waals surface area contributed by atoms with Crippen LogP contribution in [0.1, 0.15) is 38.2 Å². The molecule has 1 fully saturated rings. The molecule has 1 aliphatic carbocycles. The van der Waals surface area contributed by atoms with Crippen LogP contribution in [0.15, 0.2) is 30.5 Å². The quantitative estimate of drug-likeness (QED) is 0.707. The molecule has 128 valence electrons. The first-order valence-corrected chi connectivity index (χ1v) is 9.06. The van der Waals surface area contributed by atoms with Crippen molar-refractivity contribution in [2.75, 3.05) is 5.32 Å². The van der Waals surface area contributed by atoms with E-state index in [1.165, 1.54) is 12.8 Å². The van der Waals surface area contributed by atoms with Gasteiger partial charge in [0.2, 0.25) is 0 Å². The predicted molar refractivity (Wildman–Crippen MR) is 99.7 cm³/mol. The first-order valence-electron chi connectivity index (χ1n) is 8.68. The van der Waals surface area contributed by atoms with Crippen molar-refractivity contribution in [2.24, 2.45) is 5.92 Å². The Morgan fingerprint density at radius 2 is 2.12 bits per heavy atom. The van der Waals surface area contributed by atoms with Gasteiger partial charge in [-0.1, -0.05) is 30.7 Å². The number of nitrogens with zero attached hydrogens (tertiary/aromatic N) is 3. The lowest BCUT2D eigenvalue weighted by atomic mass is 9.87. The van der Waals surface area contributed by atoms with Crippen LogP contribution in [0, 0.1) is 17.2 Å². The Labute approximate surface area is 151 Å². The summed E-state index contributed by atoms with van der Waals surface area (Å²) in [4.78, 5) is 4.72. The van der Waals surface area contributed by atoms with Crippen LogP contribution in [0.2, 0.25) is 5.02 Å². The zero-order valence-electron chi connectivity index (χ0n) is 14.1. The maximum absolute atomic E-state index is 9.33. The minimum absolute atomic E-state index is 0.419. The Morgan fingerprint density at radius 3 is 2.84 bits per heavy atom. The molecule has 0 radical (unpaired) electrons. The van der Waals surface area contributed by atoms with Gasteiger partial charge in [-0.3, -0.25) is 5.10 Å². The van der Waals surface area contributed by atoms with E-state index < -0.39 is 0 Å². The topological polar surface area (TPSA) is 68.9 Å². The number of hydrogen-bond donors (Lipinski definition) is 2. The minimum atomic E-state index is 0.419. The number of nitriles is 1. The van der Waals surface area contributed by atoms with Crippen LogP contribution in [0.25, 0.3) is 16.9 Å². The molecule has 3 aromatic rings. The number of benzene rings is 1. The molecule has 0 atom stereocenters. The molecule has 2 heterocycles. The fraction of sp³-hybridized carbons (Fsp3) is 0.368. The van der Waals surface area contributed by atoms with Gasteiger partial charge in [0.05, 0.1) is 0 Å². The molecule has 0 spiro atoms. The Bertz CT molecular complexity index is 941. The van der Waals surface area contributed by atoms with Crippen LogP contribution in [0.5, 0.6) is 0 Å². The van der Waals surface area contributed by atoms with Crippen molar-refractivity contribution in [1.82, 2.24) is 14.6 Å². The van der Waals surface area contributed by atoms with Gasteiger partial charge in [0, 0.05) is 22.8 Å². The smallest absolute Gasteiger partial charge is 0.173 e. The third-order valence-electron chi connectivity index (χ3n) is 5.03. The van der Waals surface area contributed by atoms with Crippen molar-refractivity contribution >= 4 is 23.1 Å². The molecule has 0 unspecified atom stereocenters. The largest absolute Gasteiger partial charge is 0.365 e. The van der Waals surface area contributed by atoms with E-state index in [1.807, 2.05) is 28.8 Å². The predicted octanol–water partition coefficient (Wildman–Crippen LogP) is 4.85. The molecular weight excluding hydrogens is 334 g/mol. The van der Waals surface area contributed by atoms with Crippen LogP contribution in [0.4, 0.5) is 5.82 Å². The van der Waals surface area contributed by atoms with Gasteiger partial charge < -0.3 is 5.32 Å². The molecule has 1 aromatic carbocycles. The number of rotatable bonds is 3. The number of aromatic amines is 1. The Kier molecular flexibility index (Phi) is 4.14. The number of fused-ring (bicyclic) bond motifs is 1. The highest BCUT2D eigenvalue weighted by atomic mass is 35.5. The highest BCUT2D eigenvalue weighted by Crippen LogP contribution is 2.33. The summed E-state index contributed by atoms with van der Waals surface area (Å²) in [5.41, 5.74) is 2.95. The molecular formula is C19H20ClN5. The molecule has 5 nitrogen and oxygen atoms in total. The van der Waals surface area contributed by atoms with Crippen LogP contribution < -0.4 is 5.32 Å². The summed E-state index contributed by atoms with van der Waals surface area (Å²) in [6.45, 7) is 2.31. The number of imidazole rings is 1. The lowest BCUT2D eigenvalue weighted by molar-refractivity contribution is 0.360. The van der Waals surface area contributed by atoms with Crippen molar-refractivity contribution < 1.29 is 0 Å². The maximum Gasteiger partial charge on any atom is 0.173 e. The standard InChI is InChI=1S/C19H20ClN5/c1-12-5-7-16(8-6-12)23-19-17(13-3-2-4-15(20)9-13)24-18-14(10-21)11-22-25(18)19/h2-4,9,11-12,16,22-23H,5-8H2,1H3. The molecule has 0 amide bonds. The van der Waals surface area contributed by atoms with Crippen LogP contribution >= 0.6 is 11.6 Å². The van der Waals surface area contributed by atoms with Gasteiger partial charge in [0.15, 0.2) is 11.5 Å². The fourth-order valence-electron chi connectivity index (χ4n) is 3.57. The van der Waals surface area contributed by atoms with Crippen molar-refractivity contribution in [2.45, 2.75) is 38.6 Å². The van der Waals surface area contributed by atoms with Gasteiger partial charge in [0.25, 0.3) is 0 Å². The Balaban J connectivity index is 1.78. The van der Waals surface area contributed by atoms with Crippen LogP contribution in [0.3, 0.4) is 0 Å². The number of hydrogen-bond acceptors (Lipinski definition) is 3. The summed E-state index contributed by atoms with van der Waals surface area (Å²) in [6.07, 6.45) is 6.46. The summed E-state index contributed by atoms with van der Waals surface area (Å²) in [6, 6.07) is 10.3. The van der Waals surface area contributed by atoms with E-state index in [2.05, 4.69) is 23.4 Å². The lowest BCUT2D eigenvalue weighted by Crippen LogP contribution is -2.26. The van der Waals surface area contributed by atoms with Gasteiger partial charge >= 0.3 is 0 Å². The first-order chi connectivity index (χ1) is 12.2. The van der Waals surface area contributed by atoms with Crippen LogP contribution in [-0.2, 0) is 0 Å². The second kappa shape index (κ2) is 6.45. The van der Waals surface area contributed by atoms with Crippen molar-refractivity contribution in [3.8, 4) is 17.3 Å². The third kappa shape index (κ3) is 2.98. The van der Waals surface area contributed by atoms with Gasteiger partial charge in [-0.15, -0.1) is 0 Å². The van der Waals surface area contributed by atoms with Gasteiger partial charge in [0.1, 0.15) is 17.3 Å². The molecule has 0 saturated heterocycles. The van der Waals surface area contributed by atoms with Crippen molar-refractivity contribution in [3.63, 3.8) is 0 Å². The highest BCUT2D eigenvalue weighted by molar-refractivity contribution is 6.30. The SMILES string of the molecule is CC1CCC(Nc2c(-c3cccc(Cl)c3)nc3c(C#N)c[nH]n23)CC1. The number of H-pyrrole nitrogens is 1. The van der Waals surface area contributed by atoms with Gasteiger partial charge in [-0.2, -0.15) is 5.26 Å². The van der Waals surface area contributed by atoms with Crippen LogP contribution in [-0.4, -0.2) is 20.6 Å². The average Bonchev–Trinajstić information content (AvgIpc) is 3.17. The highest BCUT2D eigenvalue weighted by Gasteiger charge is 2.23. The Hall–Kier alpha value is -2.45. The number of aromatic nitrogens is 3. The van der Waals surface area contributed by atoms with Crippen molar-refractivity contribution in [3.05, 3.63) is 41.0 Å². The van der Waals surface area contributed by atoms with E-state index in [0.717, 1.165) is 35.8 Å². The van der Waals surface area contributed by atoms with E-state index >= 15 is 0 Å². The molecule has 6 heteroatoms. The van der Waals surface area contributed by atoms with E-state index in [9.17, 15) is 5.26 Å². The summed E-state index contributed by atoms with van der Waals surface area (Å²) >= 11 is 6.17. The molecule has 0 bridgehead atoms. The average molecular weight is 354 g/mol. The minimum Gasteiger partial charge on any atom is -0.365 e. The zero-order chi connectivity index (χ0) is 17.4. The van der Waals surface area contributed by atoms with Gasteiger partial charge in [-0.05, 0) is 43.7 Å². The molecule has 25 heavy (non-hydrogen) atoms. The number of anilines is 1. The zero-order valence-corrected chi connectivity index (χ0v) is 14.8. The second-order valence-corrected chi connectivity index (χ2v) is 7.31. The van der Waals surface area contributed by atoms with E-state index in [4.69, 9.17) is 16.6 Å². The summed E-state index contributed by atoms with van der Waals surface area (Å²) in [5.74, 6) is 1.70. The fourth-order valence-corrected chi connectivity index (χ4v) is 3.76. The third-order valence-corrected chi connectivity index (χ3v) is 5.27. The number of nitrogens with one attached hydrogen (secondary N) is 2. The monoisotopic (exact) mass is 353 g/mol. The lowest BCUT2D eigenvalue weighted by Gasteiger charge is -2.27. The summed E-state index contributed by atoms with van der Waals surface area (Å²) < 4.78 is 1.87. The molecule has 4 rings (SSSR count). The molecule has 1 aliphatic rings. The molecule has 1 saturated carbocycles. The Morgan fingerprint density at radius 1 is 1.32 bits per heavy atom. The maximum atomic E-state index is 9.33.